The molecule has 0 spiro atoms. The van der Waals surface area contributed by atoms with Crippen molar-refractivity contribution in [2.45, 2.75) is 49.9 Å². The Bertz CT molecular complexity index is 669. The third-order valence-corrected chi connectivity index (χ3v) is 6.54. The maximum absolute atomic E-state index is 12.8. The van der Waals surface area contributed by atoms with E-state index in [0.717, 1.165) is 18.6 Å². The maximum atomic E-state index is 12.8. The molecule has 23 heavy (non-hydrogen) atoms. The van der Waals surface area contributed by atoms with Crippen LogP contribution in [-0.2, 0) is 9.84 Å². The molecule has 0 aromatic heterocycles. The smallest absolute Gasteiger partial charge is 0.254 e. The molecule has 2 unspecified atom stereocenters. The molecular weight excluding hydrogens is 314 g/mol. The van der Waals surface area contributed by atoms with Crippen molar-refractivity contribution in [1.82, 2.24) is 4.90 Å². The van der Waals surface area contributed by atoms with Crippen LogP contribution in [0.25, 0.3) is 0 Å². The van der Waals surface area contributed by atoms with Gasteiger partial charge >= 0.3 is 0 Å². The number of hydrogen-bond acceptors (Lipinski definition) is 4. The summed E-state index contributed by atoms with van der Waals surface area (Å²) < 4.78 is 29.1. The van der Waals surface area contributed by atoms with Crippen molar-refractivity contribution >= 4 is 15.7 Å². The van der Waals surface area contributed by atoms with Gasteiger partial charge in [-0.05, 0) is 56.9 Å². The number of ether oxygens (including phenoxy) is 1. The van der Waals surface area contributed by atoms with E-state index in [-0.39, 0.29) is 23.2 Å². The molecule has 126 valence electrons. The van der Waals surface area contributed by atoms with Crippen LogP contribution in [0.4, 0.5) is 0 Å². The van der Waals surface area contributed by atoms with Crippen LogP contribution in [0.2, 0.25) is 0 Å². The Hall–Kier alpha value is -1.56. The van der Waals surface area contributed by atoms with Crippen molar-refractivity contribution in [3.8, 4) is 5.75 Å². The van der Waals surface area contributed by atoms with Gasteiger partial charge < -0.3 is 9.64 Å². The van der Waals surface area contributed by atoms with Crippen molar-refractivity contribution in [3.63, 3.8) is 0 Å². The van der Waals surface area contributed by atoms with Gasteiger partial charge in [-0.1, -0.05) is 0 Å². The Morgan fingerprint density at radius 2 is 1.74 bits per heavy atom. The van der Waals surface area contributed by atoms with E-state index < -0.39 is 9.84 Å². The number of hydrogen-bond donors (Lipinski definition) is 0. The third kappa shape index (κ3) is 3.22. The number of amides is 1. The predicted octanol–water partition coefficient (Wildman–Crippen LogP) is 2.27. The van der Waals surface area contributed by atoms with Crippen molar-refractivity contribution in [3.05, 3.63) is 29.8 Å². The average molecular weight is 337 g/mol. The Morgan fingerprint density at radius 1 is 1.17 bits per heavy atom. The van der Waals surface area contributed by atoms with E-state index in [4.69, 9.17) is 4.74 Å². The van der Waals surface area contributed by atoms with E-state index in [1.165, 1.54) is 6.26 Å². The highest BCUT2D eigenvalue weighted by atomic mass is 32.2. The third-order valence-electron chi connectivity index (χ3n) is 4.94. The fraction of sp³-hybridized carbons (Fsp3) is 0.588. The number of piperidine rings is 1. The quantitative estimate of drug-likeness (QED) is 0.845. The number of benzene rings is 1. The van der Waals surface area contributed by atoms with Crippen LogP contribution >= 0.6 is 0 Å². The second-order valence-corrected chi connectivity index (χ2v) is 8.80. The molecule has 0 saturated carbocycles. The van der Waals surface area contributed by atoms with Crippen LogP contribution in [0.3, 0.4) is 0 Å². The summed E-state index contributed by atoms with van der Waals surface area (Å²) in [4.78, 5) is 14.7. The number of carbonyl (C=O) groups excluding carboxylic acids is 1. The number of rotatable bonds is 4. The van der Waals surface area contributed by atoms with Crippen LogP contribution in [0.1, 0.15) is 43.0 Å². The highest BCUT2D eigenvalue weighted by Crippen LogP contribution is 2.39. The molecule has 2 aliphatic rings. The Morgan fingerprint density at radius 3 is 2.22 bits per heavy atom. The Balaban J connectivity index is 1.76. The summed E-state index contributed by atoms with van der Waals surface area (Å²) in [6.07, 6.45) is 4.25. The van der Waals surface area contributed by atoms with E-state index in [1.807, 2.05) is 24.0 Å². The molecule has 0 N–H and O–H groups in total. The zero-order valence-electron chi connectivity index (χ0n) is 13.6. The molecule has 0 radical (unpaired) electrons. The number of carbonyl (C=O) groups is 1. The zero-order chi connectivity index (χ0) is 16.6. The molecule has 2 atom stereocenters. The van der Waals surface area contributed by atoms with Gasteiger partial charge in [-0.25, -0.2) is 8.42 Å². The summed E-state index contributed by atoms with van der Waals surface area (Å²) in [7, 11) is -3.03. The standard InChI is InChI=1S/C17H23NO4S/c1-3-22-15-8-4-12(5-9-15)17(19)18-13-6-7-14(18)11-16(10-13)23(2,20)21/h4-5,8-9,13-14,16H,3,6-7,10-11H2,1-2H3. The Kier molecular flexibility index (Phi) is 4.36. The molecule has 1 aromatic carbocycles. The molecule has 2 heterocycles. The number of nitrogens with zero attached hydrogens (tertiary/aromatic N) is 1. The van der Waals surface area contributed by atoms with Gasteiger partial charge in [0, 0.05) is 23.9 Å². The lowest BCUT2D eigenvalue weighted by atomic mass is 10.0. The van der Waals surface area contributed by atoms with Crippen molar-refractivity contribution < 1.29 is 17.9 Å². The lowest BCUT2D eigenvalue weighted by Crippen LogP contribution is -2.49. The van der Waals surface area contributed by atoms with Crippen LogP contribution in [0.5, 0.6) is 5.75 Å². The monoisotopic (exact) mass is 337 g/mol. The SMILES string of the molecule is CCOc1ccc(C(=O)N2C3CCC2CC(S(C)(=O)=O)C3)cc1. The van der Waals surface area contributed by atoms with E-state index in [2.05, 4.69) is 0 Å². The van der Waals surface area contributed by atoms with Crippen LogP contribution < -0.4 is 4.74 Å². The lowest BCUT2D eigenvalue weighted by molar-refractivity contribution is 0.0598. The predicted molar refractivity (Wildman–Crippen MR) is 88.5 cm³/mol. The Labute approximate surface area is 137 Å². The minimum Gasteiger partial charge on any atom is -0.494 e. The van der Waals surface area contributed by atoms with Gasteiger partial charge in [0.2, 0.25) is 0 Å². The van der Waals surface area contributed by atoms with Gasteiger partial charge in [0.15, 0.2) is 0 Å². The largest absolute Gasteiger partial charge is 0.494 e. The first kappa shape index (κ1) is 16.3. The van der Waals surface area contributed by atoms with Gasteiger partial charge in [0.1, 0.15) is 15.6 Å². The number of sulfone groups is 1. The zero-order valence-corrected chi connectivity index (χ0v) is 14.4. The van der Waals surface area contributed by atoms with Crippen LogP contribution in [0.15, 0.2) is 24.3 Å². The summed E-state index contributed by atoms with van der Waals surface area (Å²) in [5, 5.41) is -0.301. The average Bonchev–Trinajstić information content (AvgIpc) is 2.76. The van der Waals surface area contributed by atoms with Gasteiger partial charge in [-0.3, -0.25) is 4.79 Å². The van der Waals surface area contributed by atoms with Crippen molar-refractivity contribution in [2.24, 2.45) is 0 Å². The normalized spacial score (nSPS) is 27.0. The molecule has 2 bridgehead atoms. The van der Waals surface area contributed by atoms with E-state index >= 15 is 0 Å². The number of fused-ring (bicyclic) bond motifs is 2. The van der Waals surface area contributed by atoms with Crippen molar-refractivity contribution in [2.75, 3.05) is 12.9 Å². The topological polar surface area (TPSA) is 63.7 Å². The molecule has 2 aliphatic heterocycles. The van der Waals surface area contributed by atoms with Crippen molar-refractivity contribution in [1.29, 1.82) is 0 Å². The van der Waals surface area contributed by atoms with E-state index in [1.54, 1.807) is 12.1 Å². The molecule has 2 fully saturated rings. The summed E-state index contributed by atoms with van der Waals surface area (Å²) in [6.45, 7) is 2.51. The second kappa shape index (κ2) is 6.15. The molecule has 0 aliphatic carbocycles. The first-order chi connectivity index (χ1) is 10.9. The summed E-state index contributed by atoms with van der Waals surface area (Å²) in [5.74, 6) is 0.760. The minimum atomic E-state index is -3.03. The molecule has 3 rings (SSSR count). The first-order valence-electron chi connectivity index (χ1n) is 8.14. The van der Waals surface area contributed by atoms with Crippen LogP contribution in [-0.4, -0.2) is 49.4 Å². The minimum absolute atomic E-state index is 0.00694. The molecule has 6 heteroatoms. The fourth-order valence-electron chi connectivity index (χ4n) is 3.82. The highest BCUT2D eigenvalue weighted by molar-refractivity contribution is 7.91. The van der Waals surface area contributed by atoms with Crippen LogP contribution in [0, 0.1) is 0 Å². The second-order valence-electron chi connectivity index (χ2n) is 6.48. The summed E-state index contributed by atoms with van der Waals surface area (Å²) in [5.41, 5.74) is 0.642. The fourth-order valence-corrected chi connectivity index (χ4v) is 4.96. The molecule has 2 saturated heterocycles. The van der Waals surface area contributed by atoms with E-state index in [9.17, 15) is 13.2 Å². The first-order valence-corrected chi connectivity index (χ1v) is 10.1. The van der Waals surface area contributed by atoms with Gasteiger partial charge in [-0.2, -0.15) is 0 Å². The van der Waals surface area contributed by atoms with E-state index in [0.29, 0.717) is 25.0 Å². The van der Waals surface area contributed by atoms with Gasteiger partial charge in [0.25, 0.3) is 5.91 Å². The summed E-state index contributed by atoms with van der Waals surface area (Å²) in [6, 6.07) is 7.29. The highest BCUT2D eigenvalue weighted by Gasteiger charge is 2.45. The molecular formula is C17H23NO4S. The summed E-state index contributed by atoms with van der Waals surface area (Å²) >= 11 is 0. The molecule has 1 amide bonds. The van der Waals surface area contributed by atoms with Gasteiger partial charge in [-0.15, -0.1) is 0 Å². The molecule has 5 nitrogen and oxygen atoms in total. The molecule has 1 aromatic rings. The van der Waals surface area contributed by atoms with Gasteiger partial charge in [0.05, 0.1) is 11.9 Å². The maximum Gasteiger partial charge on any atom is 0.254 e. The lowest BCUT2D eigenvalue weighted by Gasteiger charge is -2.38.